The fraction of sp³-hybridized carbons (Fsp3) is 0.136. The molecule has 0 saturated heterocycles. The summed E-state index contributed by atoms with van der Waals surface area (Å²) in [4.78, 5) is 17.2. The molecule has 7 nitrogen and oxygen atoms in total. The Bertz CT molecular complexity index is 1150. The van der Waals surface area contributed by atoms with Gasteiger partial charge in [0.2, 0.25) is 0 Å². The van der Waals surface area contributed by atoms with Crippen LogP contribution in [0.3, 0.4) is 0 Å². The van der Waals surface area contributed by atoms with Gasteiger partial charge in [-0.25, -0.2) is 4.98 Å². The fourth-order valence-corrected chi connectivity index (χ4v) is 3.44. The van der Waals surface area contributed by atoms with Gasteiger partial charge in [0.25, 0.3) is 5.91 Å². The molecule has 0 fully saturated rings. The lowest BCUT2D eigenvalue weighted by atomic mass is 10.1. The molecule has 0 spiro atoms. The summed E-state index contributed by atoms with van der Waals surface area (Å²) in [5.41, 5.74) is 2.21. The summed E-state index contributed by atoms with van der Waals surface area (Å²) in [5.74, 6) is 1.75. The number of rotatable bonds is 4. The number of hydrogen-bond donors (Lipinski definition) is 1. The van der Waals surface area contributed by atoms with E-state index in [1.165, 1.54) is 0 Å². The van der Waals surface area contributed by atoms with E-state index in [0.717, 1.165) is 17.0 Å². The number of ether oxygens (including phenoxy) is 1. The van der Waals surface area contributed by atoms with Gasteiger partial charge < -0.3 is 14.6 Å². The van der Waals surface area contributed by atoms with Gasteiger partial charge in [-0.2, -0.15) is 0 Å². The summed E-state index contributed by atoms with van der Waals surface area (Å²) >= 11 is 0. The Morgan fingerprint density at radius 3 is 2.86 bits per heavy atom. The lowest BCUT2D eigenvalue weighted by Gasteiger charge is -2.15. The van der Waals surface area contributed by atoms with Crippen LogP contribution in [0.2, 0.25) is 0 Å². The number of hydrogen-bond acceptors (Lipinski definition) is 5. The van der Waals surface area contributed by atoms with Gasteiger partial charge in [-0.1, -0.05) is 47.6 Å². The molecule has 2 aromatic heterocycles. The van der Waals surface area contributed by atoms with E-state index in [1.54, 1.807) is 12.3 Å². The van der Waals surface area contributed by atoms with Gasteiger partial charge in [-0.3, -0.25) is 9.36 Å². The number of carbonyl (C=O) groups excluding carboxylic acids is 1. The van der Waals surface area contributed by atoms with Crippen molar-refractivity contribution in [1.82, 2.24) is 20.0 Å². The first kappa shape index (κ1) is 17.2. The molecular formula is C22H18N4O3. The second-order valence-electron chi connectivity index (χ2n) is 6.80. The largest absolute Gasteiger partial charge is 0.489 e. The Hall–Kier alpha value is -3.87. The van der Waals surface area contributed by atoms with Crippen molar-refractivity contribution in [2.75, 3.05) is 6.61 Å². The molecule has 0 bridgehead atoms. The van der Waals surface area contributed by atoms with Crippen LogP contribution in [0.25, 0.3) is 5.69 Å². The topological polar surface area (TPSA) is 82.2 Å². The van der Waals surface area contributed by atoms with E-state index >= 15 is 0 Å². The Balaban J connectivity index is 1.34. The molecule has 1 amide bonds. The SMILES string of the molecule is O=C(N[C@@H]1COc2ccccc2-n2ccnc21)c1cc(Cc2ccccc2)on1. The molecule has 1 aliphatic rings. The lowest BCUT2D eigenvalue weighted by Crippen LogP contribution is -2.33. The third-order valence-electron chi connectivity index (χ3n) is 4.83. The smallest absolute Gasteiger partial charge is 0.274 e. The molecule has 0 unspecified atom stereocenters. The second-order valence-corrected chi connectivity index (χ2v) is 6.80. The van der Waals surface area contributed by atoms with Gasteiger partial charge in [0.1, 0.15) is 30.0 Å². The number of aromatic nitrogens is 3. The van der Waals surface area contributed by atoms with Gasteiger partial charge >= 0.3 is 0 Å². The first-order valence-corrected chi connectivity index (χ1v) is 9.34. The molecule has 144 valence electrons. The van der Waals surface area contributed by atoms with Crippen molar-refractivity contribution in [2.24, 2.45) is 0 Å². The number of para-hydroxylation sites is 2. The fourth-order valence-electron chi connectivity index (χ4n) is 3.44. The molecule has 0 saturated carbocycles. The number of nitrogens with one attached hydrogen (secondary N) is 1. The molecule has 0 radical (unpaired) electrons. The van der Waals surface area contributed by atoms with Crippen LogP contribution in [0.1, 0.15) is 33.7 Å². The van der Waals surface area contributed by atoms with Gasteiger partial charge in [-0.05, 0) is 17.7 Å². The molecule has 29 heavy (non-hydrogen) atoms. The van der Waals surface area contributed by atoms with Gasteiger partial charge in [-0.15, -0.1) is 0 Å². The van der Waals surface area contributed by atoms with E-state index in [2.05, 4.69) is 15.5 Å². The Labute approximate surface area is 166 Å². The van der Waals surface area contributed by atoms with E-state index in [-0.39, 0.29) is 18.2 Å². The van der Waals surface area contributed by atoms with E-state index in [0.29, 0.717) is 18.0 Å². The number of imidazole rings is 1. The Morgan fingerprint density at radius 1 is 1.14 bits per heavy atom. The Kier molecular flexibility index (Phi) is 4.32. The van der Waals surface area contributed by atoms with E-state index in [1.807, 2.05) is 65.4 Å². The quantitative estimate of drug-likeness (QED) is 0.582. The molecular weight excluding hydrogens is 368 g/mol. The number of fused-ring (bicyclic) bond motifs is 3. The summed E-state index contributed by atoms with van der Waals surface area (Å²) in [7, 11) is 0. The lowest BCUT2D eigenvalue weighted by molar-refractivity contribution is 0.0910. The van der Waals surface area contributed by atoms with Crippen LogP contribution in [-0.4, -0.2) is 27.2 Å². The molecule has 0 aliphatic carbocycles. The maximum absolute atomic E-state index is 12.8. The van der Waals surface area contributed by atoms with E-state index in [9.17, 15) is 4.79 Å². The van der Waals surface area contributed by atoms with Crippen LogP contribution in [0.4, 0.5) is 0 Å². The van der Waals surface area contributed by atoms with Crippen molar-refractivity contribution in [2.45, 2.75) is 12.5 Å². The molecule has 5 rings (SSSR count). The number of benzene rings is 2. The number of nitrogens with zero attached hydrogens (tertiary/aromatic N) is 3. The molecule has 3 heterocycles. The first-order valence-electron chi connectivity index (χ1n) is 9.34. The van der Waals surface area contributed by atoms with E-state index < -0.39 is 6.04 Å². The van der Waals surface area contributed by atoms with Crippen LogP contribution < -0.4 is 10.1 Å². The minimum absolute atomic E-state index is 0.232. The number of amides is 1. The predicted octanol–water partition coefficient (Wildman–Crippen LogP) is 3.31. The predicted molar refractivity (Wildman–Crippen MR) is 105 cm³/mol. The summed E-state index contributed by atoms with van der Waals surface area (Å²) < 4.78 is 13.2. The second kappa shape index (κ2) is 7.27. The highest BCUT2D eigenvalue weighted by molar-refractivity contribution is 5.92. The summed E-state index contributed by atoms with van der Waals surface area (Å²) in [5, 5.41) is 6.89. The normalized spacial score (nSPS) is 15.0. The zero-order valence-corrected chi connectivity index (χ0v) is 15.5. The zero-order valence-electron chi connectivity index (χ0n) is 15.5. The highest BCUT2D eigenvalue weighted by Crippen LogP contribution is 2.30. The third-order valence-corrected chi connectivity index (χ3v) is 4.83. The summed E-state index contributed by atoms with van der Waals surface area (Å²) in [6.45, 7) is 0.272. The van der Waals surface area contributed by atoms with Crippen molar-refractivity contribution in [1.29, 1.82) is 0 Å². The van der Waals surface area contributed by atoms with Gasteiger partial charge in [0.05, 0.1) is 5.69 Å². The minimum atomic E-state index is -0.417. The first-order chi connectivity index (χ1) is 14.3. The van der Waals surface area contributed by atoms with Crippen LogP contribution >= 0.6 is 0 Å². The highest BCUT2D eigenvalue weighted by atomic mass is 16.5. The standard InChI is InChI=1S/C22H18N4O3/c27-22(17-13-16(29-25-17)12-15-6-2-1-3-7-15)24-18-14-28-20-9-5-4-8-19(20)26-11-10-23-21(18)26/h1-11,13,18H,12,14H2,(H,24,27)/t18-/m1/s1. The van der Waals surface area contributed by atoms with Gasteiger partial charge in [0, 0.05) is 24.9 Å². The zero-order chi connectivity index (χ0) is 19.6. The molecule has 1 atom stereocenters. The van der Waals surface area contributed by atoms with Crippen LogP contribution in [-0.2, 0) is 6.42 Å². The molecule has 2 aromatic carbocycles. The monoisotopic (exact) mass is 386 g/mol. The Morgan fingerprint density at radius 2 is 1.97 bits per heavy atom. The van der Waals surface area contributed by atoms with Crippen LogP contribution in [0.15, 0.2) is 77.6 Å². The minimum Gasteiger partial charge on any atom is -0.489 e. The van der Waals surface area contributed by atoms with Crippen molar-refractivity contribution < 1.29 is 14.1 Å². The number of carbonyl (C=O) groups is 1. The van der Waals surface area contributed by atoms with Crippen molar-refractivity contribution in [3.8, 4) is 11.4 Å². The highest BCUT2D eigenvalue weighted by Gasteiger charge is 2.27. The molecule has 1 N–H and O–H groups in total. The van der Waals surface area contributed by atoms with Gasteiger partial charge in [0.15, 0.2) is 5.69 Å². The third kappa shape index (κ3) is 3.38. The summed E-state index contributed by atoms with van der Waals surface area (Å²) in [6, 6.07) is 18.9. The maximum atomic E-state index is 12.8. The molecule has 4 aromatic rings. The average Bonchev–Trinajstić information content (AvgIpc) is 3.39. The van der Waals surface area contributed by atoms with Crippen molar-refractivity contribution in [3.05, 3.63) is 95.9 Å². The van der Waals surface area contributed by atoms with E-state index in [4.69, 9.17) is 9.26 Å². The molecule has 7 heteroatoms. The maximum Gasteiger partial charge on any atom is 0.274 e. The van der Waals surface area contributed by atoms with Crippen molar-refractivity contribution in [3.63, 3.8) is 0 Å². The average molecular weight is 386 g/mol. The van der Waals surface area contributed by atoms with Crippen LogP contribution in [0.5, 0.6) is 5.75 Å². The van der Waals surface area contributed by atoms with Crippen molar-refractivity contribution >= 4 is 5.91 Å². The van der Waals surface area contributed by atoms with Crippen LogP contribution in [0, 0.1) is 0 Å². The summed E-state index contributed by atoms with van der Waals surface area (Å²) in [6.07, 6.45) is 4.15. The molecule has 1 aliphatic heterocycles.